The molecule has 7 heteroatoms. The Labute approximate surface area is 145 Å². The average Bonchev–Trinajstić information content (AvgIpc) is 3.02. The molecule has 0 atom stereocenters. The van der Waals surface area contributed by atoms with E-state index in [1.54, 1.807) is 19.6 Å². The third-order valence-corrected chi connectivity index (χ3v) is 3.99. The average molecular weight is 346 g/mol. The summed E-state index contributed by atoms with van der Waals surface area (Å²) in [5, 5.41) is 9.14. The van der Waals surface area contributed by atoms with Gasteiger partial charge in [0.15, 0.2) is 0 Å². The van der Waals surface area contributed by atoms with Gasteiger partial charge < -0.3 is 10.1 Å². The Balaban J connectivity index is 1.96. The first kappa shape index (κ1) is 16.5. The number of rotatable bonds is 4. The van der Waals surface area contributed by atoms with Crippen molar-refractivity contribution in [2.75, 3.05) is 12.4 Å². The van der Waals surface area contributed by atoms with Gasteiger partial charge in [-0.25, -0.2) is 9.67 Å². The van der Waals surface area contributed by atoms with Crippen LogP contribution in [-0.2, 0) is 12.1 Å². The molecule has 3 aromatic rings. The van der Waals surface area contributed by atoms with Crippen molar-refractivity contribution in [3.05, 3.63) is 41.6 Å². The number of fused-ring (bicyclic) bond motifs is 1. The smallest absolute Gasteiger partial charge is 0.146 e. The summed E-state index contributed by atoms with van der Waals surface area (Å²) in [4.78, 5) is 8.71. The third kappa shape index (κ3) is 3.14. The van der Waals surface area contributed by atoms with Crippen LogP contribution < -0.4 is 10.1 Å². The number of methoxy groups -OCH3 is 1. The molecule has 0 aliphatic heterocycles. The van der Waals surface area contributed by atoms with Gasteiger partial charge in [0.25, 0.3) is 0 Å². The van der Waals surface area contributed by atoms with E-state index in [2.05, 4.69) is 41.2 Å². The highest BCUT2D eigenvalue weighted by atomic mass is 35.5. The summed E-state index contributed by atoms with van der Waals surface area (Å²) in [5.74, 6) is 1.60. The molecule has 1 N–H and O–H groups in total. The zero-order chi connectivity index (χ0) is 17.3. The fourth-order valence-corrected chi connectivity index (χ4v) is 2.79. The Morgan fingerprint density at radius 3 is 2.75 bits per heavy atom. The predicted molar refractivity (Wildman–Crippen MR) is 95.6 cm³/mol. The summed E-state index contributed by atoms with van der Waals surface area (Å²) in [7, 11) is 1.64. The molecule has 2 heterocycles. The van der Waals surface area contributed by atoms with Crippen molar-refractivity contribution >= 4 is 28.2 Å². The molecule has 1 aromatic carbocycles. The number of benzene rings is 1. The number of nitrogens with zero attached hydrogens (tertiary/aromatic N) is 4. The van der Waals surface area contributed by atoms with Gasteiger partial charge in [-0.1, -0.05) is 11.6 Å². The van der Waals surface area contributed by atoms with Crippen LogP contribution in [0.1, 0.15) is 26.6 Å². The molecule has 6 nitrogen and oxygen atoms in total. The Morgan fingerprint density at radius 1 is 1.25 bits per heavy atom. The second kappa shape index (κ2) is 6.28. The molecule has 0 spiro atoms. The SMILES string of the molecule is COc1ccc2ncc(Cl)c(NCc3ncnn3C(C)(C)C)c2c1. The lowest BCUT2D eigenvalue weighted by Crippen LogP contribution is -2.26. The van der Waals surface area contributed by atoms with Crippen LogP contribution in [0.5, 0.6) is 5.75 Å². The lowest BCUT2D eigenvalue weighted by atomic mass is 10.1. The van der Waals surface area contributed by atoms with E-state index in [0.717, 1.165) is 28.2 Å². The van der Waals surface area contributed by atoms with Crippen LogP contribution in [-0.4, -0.2) is 26.9 Å². The van der Waals surface area contributed by atoms with Crippen molar-refractivity contribution in [2.45, 2.75) is 32.9 Å². The molecular weight excluding hydrogens is 326 g/mol. The third-order valence-electron chi connectivity index (χ3n) is 3.71. The van der Waals surface area contributed by atoms with Crippen molar-refractivity contribution in [3.8, 4) is 5.75 Å². The van der Waals surface area contributed by atoms with E-state index in [0.29, 0.717) is 11.6 Å². The van der Waals surface area contributed by atoms with Gasteiger partial charge in [0.2, 0.25) is 0 Å². The number of hydrogen-bond donors (Lipinski definition) is 1. The molecule has 0 fully saturated rings. The second-order valence-corrected chi connectivity index (χ2v) is 6.88. The molecule has 0 unspecified atom stereocenters. The molecule has 126 valence electrons. The lowest BCUT2D eigenvalue weighted by molar-refractivity contribution is 0.343. The van der Waals surface area contributed by atoms with E-state index < -0.39 is 0 Å². The first-order chi connectivity index (χ1) is 11.4. The van der Waals surface area contributed by atoms with Gasteiger partial charge in [-0.3, -0.25) is 4.98 Å². The highest BCUT2D eigenvalue weighted by Crippen LogP contribution is 2.32. The lowest BCUT2D eigenvalue weighted by Gasteiger charge is -2.21. The maximum absolute atomic E-state index is 6.36. The number of ether oxygens (including phenoxy) is 1. The number of anilines is 1. The van der Waals surface area contributed by atoms with Crippen LogP contribution in [0, 0.1) is 0 Å². The standard InChI is InChI=1S/C17H20ClN5O/c1-17(2,3)23-15(21-10-22-23)9-20-16-12-7-11(24-4)5-6-14(12)19-8-13(16)18/h5-8,10H,9H2,1-4H3,(H,19,20). The summed E-state index contributed by atoms with van der Waals surface area (Å²) in [6.45, 7) is 6.77. The van der Waals surface area contributed by atoms with Gasteiger partial charge in [0, 0.05) is 11.6 Å². The first-order valence-electron chi connectivity index (χ1n) is 7.65. The van der Waals surface area contributed by atoms with Gasteiger partial charge in [-0.2, -0.15) is 5.10 Å². The van der Waals surface area contributed by atoms with E-state index in [1.165, 1.54) is 0 Å². The summed E-state index contributed by atoms with van der Waals surface area (Å²) < 4.78 is 7.21. The number of aromatic nitrogens is 4. The quantitative estimate of drug-likeness (QED) is 0.778. The van der Waals surface area contributed by atoms with Crippen molar-refractivity contribution in [2.24, 2.45) is 0 Å². The molecule has 3 rings (SSSR count). The molecule has 0 bridgehead atoms. The zero-order valence-corrected chi connectivity index (χ0v) is 14.9. The van der Waals surface area contributed by atoms with Crippen molar-refractivity contribution in [1.29, 1.82) is 0 Å². The van der Waals surface area contributed by atoms with Crippen molar-refractivity contribution in [1.82, 2.24) is 19.7 Å². The highest BCUT2D eigenvalue weighted by molar-refractivity contribution is 6.34. The Bertz CT molecular complexity index is 869. The summed E-state index contributed by atoms with van der Waals surface area (Å²) in [5.41, 5.74) is 1.52. The van der Waals surface area contributed by atoms with E-state index >= 15 is 0 Å². The molecule has 0 aliphatic rings. The van der Waals surface area contributed by atoms with Crippen LogP contribution in [0.25, 0.3) is 10.9 Å². The maximum atomic E-state index is 6.36. The molecule has 0 radical (unpaired) electrons. The topological polar surface area (TPSA) is 64.9 Å². The van der Waals surface area contributed by atoms with Crippen molar-refractivity contribution in [3.63, 3.8) is 0 Å². The largest absolute Gasteiger partial charge is 0.497 e. The van der Waals surface area contributed by atoms with Gasteiger partial charge in [0.05, 0.1) is 35.4 Å². The number of halogens is 1. The van der Waals surface area contributed by atoms with Gasteiger partial charge in [-0.15, -0.1) is 0 Å². The minimum absolute atomic E-state index is 0.138. The van der Waals surface area contributed by atoms with Crippen molar-refractivity contribution < 1.29 is 4.74 Å². The number of pyridine rings is 1. The van der Waals surface area contributed by atoms with Crippen LogP contribution in [0.4, 0.5) is 5.69 Å². The van der Waals surface area contributed by atoms with E-state index in [9.17, 15) is 0 Å². The Morgan fingerprint density at radius 2 is 2.04 bits per heavy atom. The van der Waals surface area contributed by atoms with Crippen LogP contribution in [0.15, 0.2) is 30.7 Å². The minimum Gasteiger partial charge on any atom is -0.497 e. The summed E-state index contributed by atoms with van der Waals surface area (Å²) in [6.07, 6.45) is 3.21. The van der Waals surface area contributed by atoms with Gasteiger partial charge in [-0.05, 0) is 39.0 Å². The molecule has 0 saturated heterocycles. The molecule has 24 heavy (non-hydrogen) atoms. The number of nitrogens with one attached hydrogen (secondary N) is 1. The first-order valence-corrected chi connectivity index (χ1v) is 8.03. The second-order valence-electron chi connectivity index (χ2n) is 6.48. The molecule has 0 saturated carbocycles. The molecule has 0 amide bonds. The molecular formula is C17H20ClN5O. The van der Waals surface area contributed by atoms with Crippen LogP contribution in [0.2, 0.25) is 5.02 Å². The predicted octanol–water partition coefficient (Wildman–Crippen LogP) is 3.86. The van der Waals surface area contributed by atoms with Crippen LogP contribution >= 0.6 is 11.6 Å². The van der Waals surface area contributed by atoms with Crippen LogP contribution in [0.3, 0.4) is 0 Å². The minimum atomic E-state index is -0.138. The number of hydrogen-bond acceptors (Lipinski definition) is 5. The normalized spacial score (nSPS) is 11.7. The summed E-state index contributed by atoms with van der Waals surface area (Å²) in [6, 6.07) is 5.71. The Kier molecular flexibility index (Phi) is 4.32. The highest BCUT2D eigenvalue weighted by Gasteiger charge is 2.18. The molecule has 0 aliphatic carbocycles. The Hall–Kier alpha value is -2.34. The maximum Gasteiger partial charge on any atom is 0.146 e. The monoisotopic (exact) mass is 345 g/mol. The van der Waals surface area contributed by atoms with E-state index in [-0.39, 0.29) is 5.54 Å². The zero-order valence-electron chi connectivity index (χ0n) is 14.2. The van der Waals surface area contributed by atoms with E-state index in [1.807, 2.05) is 22.9 Å². The van der Waals surface area contributed by atoms with Gasteiger partial charge >= 0.3 is 0 Å². The van der Waals surface area contributed by atoms with Gasteiger partial charge in [0.1, 0.15) is 17.9 Å². The molecule has 2 aromatic heterocycles. The fraction of sp³-hybridized carbons (Fsp3) is 0.353. The fourth-order valence-electron chi connectivity index (χ4n) is 2.57. The van der Waals surface area contributed by atoms with E-state index in [4.69, 9.17) is 16.3 Å². The summed E-state index contributed by atoms with van der Waals surface area (Å²) >= 11 is 6.36.